The fourth-order valence-corrected chi connectivity index (χ4v) is 3.28. The maximum Gasteiger partial charge on any atom is 0.224 e. The summed E-state index contributed by atoms with van der Waals surface area (Å²) in [5.74, 6) is 0.0915. The van der Waals surface area contributed by atoms with Crippen LogP contribution in [0.1, 0.15) is 13.3 Å². The van der Waals surface area contributed by atoms with Crippen molar-refractivity contribution >= 4 is 26.0 Å². The summed E-state index contributed by atoms with van der Waals surface area (Å²) in [5, 5.41) is 9.28. The van der Waals surface area contributed by atoms with E-state index in [4.69, 9.17) is 0 Å². The van der Waals surface area contributed by atoms with Gasteiger partial charge in [-0.2, -0.15) is 0 Å². The molecule has 0 spiro atoms. The Bertz CT molecular complexity index is 265. The molecule has 6 heteroatoms. The van der Waals surface area contributed by atoms with E-state index < -0.39 is 16.1 Å². The number of sulfonamides is 1. The van der Waals surface area contributed by atoms with Gasteiger partial charge in [0.05, 0.1) is 6.10 Å². The van der Waals surface area contributed by atoms with Gasteiger partial charge in [0.1, 0.15) is 4.66 Å². The van der Waals surface area contributed by atoms with E-state index in [0.717, 1.165) is 6.42 Å². The Labute approximate surface area is 87.1 Å². The molecule has 2 atom stereocenters. The van der Waals surface area contributed by atoms with Crippen molar-refractivity contribution in [2.75, 3.05) is 17.8 Å². The predicted octanol–water partition coefficient (Wildman–Crippen LogP) is 0.371. The zero-order valence-corrected chi connectivity index (χ0v) is 9.88. The van der Waals surface area contributed by atoms with Gasteiger partial charge < -0.3 is 5.11 Å². The van der Waals surface area contributed by atoms with E-state index in [-0.39, 0.29) is 10.6 Å². The molecule has 0 aromatic rings. The second-order valence-electron chi connectivity index (χ2n) is 3.37. The summed E-state index contributed by atoms with van der Waals surface area (Å²) in [6, 6.07) is 0. The van der Waals surface area contributed by atoms with E-state index in [1.165, 1.54) is 4.31 Å². The molecule has 1 saturated heterocycles. The highest BCUT2D eigenvalue weighted by atomic mass is 79.9. The molecule has 1 rings (SSSR count). The van der Waals surface area contributed by atoms with Crippen LogP contribution in [0, 0.1) is 5.92 Å². The Morgan fingerprint density at radius 3 is 2.69 bits per heavy atom. The van der Waals surface area contributed by atoms with Gasteiger partial charge in [-0.25, -0.2) is 12.7 Å². The Morgan fingerprint density at radius 1 is 1.69 bits per heavy atom. The smallest absolute Gasteiger partial charge is 0.224 e. The Kier molecular flexibility index (Phi) is 3.73. The van der Waals surface area contributed by atoms with Gasteiger partial charge in [-0.1, -0.05) is 15.9 Å². The average molecular weight is 272 g/mol. The summed E-state index contributed by atoms with van der Waals surface area (Å²) in [6.07, 6.45) is 0.333. The van der Waals surface area contributed by atoms with Crippen molar-refractivity contribution in [2.24, 2.45) is 5.92 Å². The molecule has 0 saturated carbocycles. The largest absolute Gasteiger partial charge is 0.393 e. The highest BCUT2D eigenvalue weighted by Gasteiger charge is 2.32. The molecule has 78 valence electrons. The SMILES string of the molecule is CC(O)C1CCN(S(=O)(=O)CBr)C1. The standard InChI is InChI=1S/C7H14BrNO3S/c1-6(10)7-2-3-9(4-7)13(11,12)5-8/h6-7,10H,2-5H2,1H3. The van der Waals surface area contributed by atoms with Crippen LogP contribution in [0.25, 0.3) is 0 Å². The van der Waals surface area contributed by atoms with Gasteiger partial charge in [0.25, 0.3) is 0 Å². The summed E-state index contributed by atoms with van der Waals surface area (Å²) < 4.78 is 24.1. The fraction of sp³-hybridized carbons (Fsp3) is 1.00. The Morgan fingerprint density at radius 2 is 2.31 bits per heavy atom. The first-order chi connectivity index (χ1) is 5.97. The molecular formula is C7H14BrNO3S. The molecule has 1 fully saturated rings. The van der Waals surface area contributed by atoms with Gasteiger partial charge >= 0.3 is 0 Å². The van der Waals surface area contributed by atoms with Crippen molar-refractivity contribution in [2.45, 2.75) is 19.4 Å². The van der Waals surface area contributed by atoms with E-state index in [2.05, 4.69) is 15.9 Å². The molecule has 0 aromatic carbocycles. The molecule has 0 aliphatic carbocycles. The molecule has 1 heterocycles. The topological polar surface area (TPSA) is 57.6 Å². The molecule has 1 aliphatic rings. The van der Waals surface area contributed by atoms with Gasteiger partial charge in [0.2, 0.25) is 10.0 Å². The quantitative estimate of drug-likeness (QED) is 0.755. The minimum absolute atomic E-state index is 0.0352. The van der Waals surface area contributed by atoms with Crippen molar-refractivity contribution < 1.29 is 13.5 Å². The second-order valence-corrected chi connectivity index (χ2v) is 6.64. The summed E-state index contributed by atoms with van der Waals surface area (Å²) in [4.78, 5) is 0. The zero-order chi connectivity index (χ0) is 10.1. The van der Waals surface area contributed by atoms with Gasteiger partial charge in [0, 0.05) is 13.1 Å². The normalized spacial score (nSPS) is 27.8. The summed E-state index contributed by atoms with van der Waals surface area (Å²) >= 11 is 2.95. The van der Waals surface area contributed by atoms with Gasteiger partial charge in [0.15, 0.2) is 0 Å². The highest BCUT2D eigenvalue weighted by Crippen LogP contribution is 2.22. The summed E-state index contributed by atoms with van der Waals surface area (Å²) in [7, 11) is -3.13. The number of alkyl halides is 1. The average Bonchev–Trinajstić information content (AvgIpc) is 2.52. The Hall–Kier alpha value is 0.350. The number of rotatable bonds is 3. The number of nitrogens with zero attached hydrogens (tertiary/aromatic N) is 1. The fourth-order valence-electron chi connectivity index (χ4n) is 1.47. The molecule has 0 bridgehead atoms. The molecule has 0 aromatic heterocycles. The number of hydrogen-bond acceptors (Lipinski definition) is 3. The second kappa shape index (κ2) is 4.25. The first-order valence-corrected chi connectivity index (χ1v) is 6.92. The van der Waals surface area contributed by atoms with Gasteiger partial charge in [-0.3, -0.25) is 0 Å². The first-order valence-electron chi connectivity index (χ1n) is 4.19. The molecule has 2 unspecified atom stereocenters. The van der Waals surface area contributed by atoms with Crippen LogP contribution in [0.15, 0.2) is 0 Å². The lowest BCUT2D eigenvalue weighted by atomic mass is 10.0. The summed E-state index contributed by atoms with van der Waals surface area (Å²) in [5.41, 5.74) is 0. The van der Waals surface area contributed by atoms with Crippen LogP contribution in [0.4, 0.5) is 0 Å². The van der Waals surface area contributed by atoms with Gasteiger partial charge in [-0.05, 0) is 19.3 Å². The minimum Gasteiger partial charge on any atom is -0.393 e. The predicted molar refractivity (Wildman–Crippen MR) is 54.1 cm³/mol. The van der Waals surface area contributed by atoms with E-state index in [1.54, 1.807) is 6.92 Å². The number of aliphatic hydroxyl groups excluding tert-OH is 1. The third-order valence-electron chi connectivity index (χ3n) is 2.40. The number of halogens is 1. The third-order valence-corrected chi connectivity index (χ3v) is 5.53. The number of aliphatic hydroxyl groups is 1. The first kappa shape index (κ1) is 11.4. The van der Waals surface area contributed by atoms with Crippen LogP contribution in [-0.2, 0) is 10.0 Å². The van der Waals surface area contributed by atoms with Crippen molar-refractivity contribution in [3.8, 4) is 0 Å². The van der Waals surface area contributed by atoms with E-state index in [1.807, 2.05) is 0 Å². The van der Waals surface area contributed by atoms with Gasteiger partial charge in [-0.15, -0.1) is 0 Å². The lowest BCUT2D eigenvalue weighted by Gasteiger charge is -2.15. The third kappa shape index (κ3) is 2.65. The maximum atomic E-state index is 11.4. The molecule has 0 amide bonds. The molecule has 4 nitrogen and oxygen atoms in total. The Balaban J connectivity index is 2.60. The van der Waals surface area contributed by atoms with Crippen LogP contribution >= 0.6 is 15.9 Å². The van der Waals surface area contributed by atoms with E-state index >= 15 is 0 Å². The monoisotopic (exact) mass is 271 g/mol. The molecule has 0 radical (unpaired) electrons. The van der Waals surface area contributed by atoms with Crippen LogP contribution in [0.2, 0.25) is 0 Å². The van der Waals surface area contributed by atoms with Crippen molar-refractivity contribution in [1.82, 2.24) is 4.31 Å². The molecule has 13 heavy (non-hydrogen) atoms. The molecule has 1 N–H and O–H groups in total. The maximum absolute atomic E-state index is 11.4. The van der Waals surface area contributed by atoms with Crippen molar-refractivity contribution in [3.05, 3.63) is 0 Å². The van der Waals surface area contributed by atoms with E-state index in [0.29, 0.717) is 13.1 Å². The lowest BCUT2D eigenvalue weighted by Crippen LogP contribution is -2.30. The minimum atomic E-state index is -3.13. The van der Waals surface area contributed by atoms with Crippen LogP contribution in [0.3, 0.4) is 0 Å². The van der Waals surface area contributed by atoms with Crippen LogP contribution in [0.5, 0.6) is 0 Å². The molecule has 1 aliphatic heterocycles. The van der Waals surface area contributed by atoms with Crippen LogP contribution in [-0.4, -0.2) is 41.7 Å². The zero-order valence-electron chi connectivity index (χ0n) is 7.48. The van der Waals surface area contributed by atoms with E-state index in [9.17, 15) is 13.5 Å². The number of hydrogen-bond donors (Lipinski definition) is 1. The highest BCUT2D eigenvalue weighted by molar-refractivity contribution is 9.10. The van der Waals surface area contributed by atoms with Crippen molar-refractivity contribution in [3.63, 3.8) is 0 Å². The van der Waals surface area contributed by atoms with Crippen LogP contribution < -0.4 is 0 Å². The van der Waals surface area contributed by atoms with Crippen molar-refractivity contribution in [1.29, 1.82) is 0 Å². The molecular weight excluding hydrogens is 258 g/mol. The lowest BCUT2D eigenvalue weighted by molar-refractivity contribution is 0.133. The summed E-state index contributed by atoms with van der Waals surface area (Å²) in [6.45, 7) is 2.68.